The fraction of sp³-hybridized carbons (Fsp3) is 0.207. The van der Waals surface area contributed by atoms with Gasteiger partial charge < -0.3 is 9.47 Å². The number of nitrogens with zero attached hydrogens (tertiary/aromatic N) is 3. The Morgan fingerprint density at radius 2 is 1.97 bits per heavy atom. The number of aryl methyl sites for hydroxylation is 2. The van der Waals surface area contributed by atoms with Crippen molar-refractivity contribution in [1.82, 2.24) is 9.66 Å². The number of benzene rings is 3. The Kier molecular flexibility index (Phi) is 6.52. The predicted octanol–water partition coefficient (Wildman–Crippen LogP) is 6.72. The Labute approximate surface area is 226 Å². The van der Waals surface area contributed by atoms with Gasteiger partial charge >= 0.3 is 0 Å². The second-order valence-electron chi connectivity index (χ2n) is 8.99. The topological polar surface area (TPSA) is 65.7 Å². The van der Waals surface area contributed by atoms with E-state index in [4.69, 9.17) is 9.47 Å². The van der Waals surface area contributed by atoms with Crippen LogP contribution in [0, 0.1) is 0 Å². The van der Waals surface area contributed by atoms with Crippen molar-refractivity contribution in [2.24, 2.45) is 5.10 Å². The predicted molar refractivity (Wildman–Crippen MR) is 152 cm³/mol. The Morgan fingerprint density at radius 3 is 2.86 bits per heavy atom. The highest BCUT2D eigenvalue weighted by Gasteiger charge is 2.20. The van der Waals surface area contributed by atoms with Gasteiger partial charge in [0.2, 0.25) is 0 Å². The number of aromatic nitrogens is 2. The molecule has 0 atom stereocenters. The van der Waals surface area contributed by atoms with Crippen molar-refractivity contribution < 1.29 is 9.47 Å². The zero-order valence-electron chi connectivity index (χ0n) is 20.2. The number of hydrogen-bond acceptors (Lipinski definition) is 6. The first-order valence-electron chi connectivity index (χ1n) is 12.2. The van der Waals surface area contributed by atoms with E-state index in [9.17, 15) is 4.79 Å². The lowest BCUT2D eigenvalue weighted by molar-refractivity contribution is 0.283. The number of hydrogen-bond donors (Lipinski definition) is 0. The van der Waals surface area contributed by atoms with Crippen LogP contribution >= 0.6 is 27.3 Å². The molecule has 0 aliphatic heterocycles. The maximum Gasteiger partial charge on any atom is 0.282 e. The summed E-state index contributed by atoms with van der Waals surface area (Å²) in [6, 6.07) is 18.2. The molecular weight excluding hydrogens is 550 g/mol. The zero-order chi connectivity index (χ0) is 25.4. The largest absolute Gasteiger partial charge is 0.493 e. The van der Waals surface area contributed by atoms with Gasteiger partial charge in [-0.25, -0.2) is 4.98 Å². The van der Waals surface area contributed by atoms with Gasteiger partial charge in [-0.1, -0.05) is 42.5 Å². The molecule has 0 unspecified atom stereocenters. The second kappa shape index (κ2) is 10.1. The molecule has 0 spiro atoms. The molecule has 6 rings (SSSR count). The molecule has 186 valence electrons. The summed E-state index contributed by atoms with van der Waals surface area (Å²) < 4.78 is 13.9. The lowest BCUT2D eigenvalue weighted by Gasteiger charge is -2.14. The van der Waals surface area contributed by atoms with Gasteiger partial charge in [0.25, 0.3) is 5.56 Å². The first-order chi connectivity index (χ1) is 18.1. The van der Waals surface area contributed by atoms with Gasteiger partial charge in [-0.2, -0.15) is 9.78 Å². The maximum atomic E-state index is 13.2. The van der Waals surface area contributed by atoms with Crippen LogP contribution < -0.4 is 15.0 Å². The van der Waals surface area contributed by atoms with Crippen molar-refractivity contribution in [2.45, 2.75) is 32.3 Å². The minimum Gasteiger partial charge on any atom is -0.493 e. The van der Waals surface area contributed by atoms with E-state index in [1.54, 1.807) is 24.7 Å². The molecule has 8 heteroatoms. The van der Waals surface area contributed by atoms with Crippen molar-refractivity contribution in [3.8, 4) is 11.5 Å². The third kappa shape index (κ3) is 4.55. The summed E-state index contributed by atoms with van der Waals surface area (Å²) in [5.41, 5.74) is 2.89. The first-order valence-corrected chi connectivity index (χ1v) is 13.8. The average Bonchev–Trinajstić information content (AvgIpc) is 3.31. The number of rotatable bonds is 6. The molecule has 6 nitrogen and oxygen atoms in total. The van der Waals surface area contributed by atoms with Gasteiger partial charge in [-0.3, -0.25) is 4.79 Å². The SMILES string of the molecule is COc1cc(/C=N\n2cnc3sc4c(c3c2=O)CCCC4)cc(Br)c1OCc1cccc2ccccc12. The highest BCUT2D eigenvalue weighted by Crippen LogP contribution is 2.37. The van der Waals surface area contributed by atoms with Crippen LogP contribution in [0.5, 0.6) is 11.5 Å². The summed E-state index contributed by atoms with van der Waals surface area (Å²) in [6.45, 7) is 0.399. The average molecular weight is 575 g/mol. The molecule has 0 fully saturated rings. The quantitative estimate of drug-likeness (QED) is 0.211. The molecule has 0 saturated carbocycles. The smallest absolute Gasteiger partial charge is 0.282 e. The Morgan fingerprint density at radius 1 is 1.14 bits per heavy atom. The van der Waals surface area contributed by atoms with Crippen molar-refractivity contribution in [3.63, 3.8) is 0 Å². The van der Waals surface area contributed by atoms with E-state index in [0.717, 1.165) is 56.0 Å². The molecule has 0 saturated heterocycles. The van der Waals surface area contributed by atoms with E-state index in [1.807, 2.05) is 30.3 Å². The molecule has 37 heavy (non-hydrogen) atoms. The van der Waals surface area contributed by atoms with E-state index >= 15 is 0 Å². The molecule has 0 N–H and O–H groups in total. The van der Waals surface area contributed by atoms with Crippen molar-refractivity contribution in [1.29, 1.82) is 0 Å². The molecule has 1 aliphatic rings. The summed E-state index contributed by atoms with van der Waals surface area (Å²) in [7, 11) is 1.61. The van der Waals surface area contributed by atoms with Crippen LogP contribution in [0.4, 0.5) is 0 Å². The van der Waals surface area contributed by atoms with Gasteiger partial charge in [0.15, 0.2) is 11.5 Å². The van der Waals surface area contributed by atoms with E-state index in [2.05, 4.69) is 50.3 Å². The van der Waals surface area contributed by atoms with E-state index in [-0.39, 0.29) is 5.56 Å². The Balaban J connectivity index is 1.28. The van der Waals surface area contributed by atoms with Crippen LogP contribution in [0.3, 0.4) is 0 Å². The minimum atomic E-state index is -0.123. The highest BCUT2D eigenvalue weighted by atomic mass is 79.9. The summed E-state index contributed by atoms with van der Waals surface area (Å²) in [5, 5.41) is 7.48. The molecule has 0 amide bonds. The van der Waals surface area contributed by atoms with E-state index < -0.39 is 0 Å². The van der Waals surface area contributed by atoms with Crippen LogP contribution in [-0.4, -0.2) is 23.0 Å². The molecular formula is C29H24BrN3O3S. The van der Waals surface area contributed by atoms with Gasteiger partial charge in [0, 0.05) is 4.88 Å². The van der Waals surface area contributed by atoms with Gasteiger partial charge in [0.1, 0.15) is 17.8 Å². The van der Waals surface area contributed by atoms with E-state index in [1.165, 1.54) is 27.7 Å². The molecule has 5 aromatic rings. The normalized spacial score (nSPS) is 13.4. The minimum absolute atomic E-state index is 0.123. The summed E-state index contributed by atoms with van der Waals surface area (Å²) in [4.78, 5) is 19.8. The first kappa shape index (κ1) is 23.9. The lowest BCUT2D eigenvalue weighted by Crippen LogP contribution is -2.18. The molecule has 2 heterocycles. The van der Waals surface area contributed by atoms with Crippen LogP contribution in [0.15, 0.2) is 75.3 Å². The van der Waals surface area contributed by atoms with Gasteiger partial charge in [-0.05, 0) is 81.2 Å². The van der Waals surface area contributed by atoms with Crippen LogP contribution in [-0.2, 0) is 19.4 Å². The Hall–Kier alpha value is -3.49. The number of fused-ring (bicyclic) bond motifs is 4. The van der Waals surface area contributed by atoms with Crippen LogP contribution in [0.25, 0.3) is 21.0 Å². The fourth-order valence-corrected chi connectivity index (χ4v) is 6.66. The summed E-state index contributed by atoms with van der Waals surface area (Å²) in [6.07, 6.45) is 7.38. The molecule has 3 aromatic carbocycles. The van der Waals surface area contributed by atoms with Crippen molar-refractivity contribution in [2.75, 3.05) is 7.11 Å². The van der Waals surface area contributed by atoms with Gasteiger partial charge in [0.05, 0.1) is 23.2 Å². The monoisotopic (exact) mass is 573 g/mol. The van der Waals surface area contributed by atoms with Crippen LogP contribution in [0.1, 0.15) is 34.4 Å². The molecule has 0 bridgehead atoms. The number of methoxy groups -OCH3 is 1. The summed E-state index contributed by atoms with van der Waals surface area (Å²) in [5.74, 6) is 1.18. The number of halogens is 1. The summed E-state index contributed by atoms with van der Waals surface area (Å²) >= 11 is 5.26. The van der Waals surface area contributed by atoms with E-state index in [0.29, 0.717) is 18.1 Å². The standard InChI is InChI=1S/C29H24BrN3O3S/c1-35-24-14-18(13-23(30)27(24)36-16-20-9-6-8-19-7-2-3-10-21(19)20)15-32-33-17-31-28-26(29(33)34)22-11-4-5-12-25(22)37-28/h2-3,6-10,13-15,17H,4-5,11-12,16H2,1H3/b32-15-. The number of thiophene rings is 1. The molecule has 0 radical (unpaired) electrons. The highest BCUT2D eigenvalue weighted by molar-refractivity contribution is 9.10. The number of ether oxygens (including phenoxy) is 2. The fourth-order valence-electron chi connectivity index (χ4n) is 4.87. The third-order valence-corrected chi connectivity index (χ3v) is 8.48. The van der Waals surface area contributed by atoms with Gasteiger partial charge in [-0.15, -0.1) is 11.3 Å². The third-order valence-electron chi connectivity index (χ3n) is 6.69. The van der Waals surface area contributed by atoms with Crippen LogP contribution in [0.2, 0.25) is 0 Å². The Bertz CT molecular complexity index is 1720. The zero-order valence-corrected chi connectivity index (χ0v) is 22.6. The van der Waals surface area contributed by atoms with Crippen molar-refractivity contribution in [3.05, 3.63) is 97.3 Å². The molecule has 1 aliphatic carbocycles. The second-order valence-corrected chi connectivity index (χ2v) is 10.9. The maximum absolute atomic E-state index is 13.2. The molecule has 2 aromatic heterocycles. The van der Waals surface area contributed by atoms with Crippen molar-refractivity contribution >= 4 is 54.5 Å². The lowest BCUT2D eigenvalue weighted by atomic mass is 9.97.